The first-order chi connectivity index (χ1) is 10.3. The molecule has 0 fully saturated rings. The van der Waals surface area contributed by atoms with E-state index in [4.69, 9.17) is 0 Å². The number of hydrogen-bond donors (Lipinski definition) is 1. The Morgan fingerprint density at radius 1 is 1.10 bits per heavy atom. The van der Waals surface area contributed by atoms with Gasteiger partial charge in [0.05, 0.1) is 6.04 Å². The largest absolute Gasteiger partial charge is 0.307 e. The molecular formula is C19H20N2. The molecule has 1 unspecified atom stereocenters. The molecule has 2 aromatic carbocycles. The van der Waals surface area contributed by atoms with E-state index in [2.05, 4.69) is 72.7 Å². The normalized spacial score (nSPS) is 12.5. The summed E-state index contributed by atoms with van der Waals surface area (Å²) in [6.07, 6.45) is 3.81. The first-order valence-electron chi connectivity index (χ1n) is 7.42. The molecule has 2 nitrogen and oxygen atoms in total. The van der Waals surface area contributed by atoms with Gasteiger partial charge in [-0.1, -0.05) is 55.0 Å². The summed E-state index contributed by atoms with van der Waals surface area (Å²) in [7, 11) is 0. The fourth-order valence-corrected chi connectivity index (χ4v) is 2.85. The molecule has 0 saturated carbocycles. The van der Waals surface area contributed by atoms with Crippen LogP contribution in [0.1, 0.15) is 29.7 Å². The quantitative estimate of drug-likeness (QED) is 0.771. The summed E-state index contributed by atoms with van der Waals surface area (Å²) in [4.78, 5) is 4.30. The second kappa shape index (κ2) is 6.06. The van der Waals surface area contributed by atoms with Crippen molar-refractivity contribution in [3.8, 4) is 0 Å². The fourth-order valence-electron chi connectivity index (χ4n) is 2.85. The fraction of sp³-hybridized carbons (Fsp3) is 0.211. The maximum absolute atomic E-state index is 4.30. The maximum atomic E-state index is 4.30. The smallest absolute Gasteiger partial charge is 0.0583 e. The Labute approximate surface area is 125 Å². The first kappa shape index (κ1) is 13.8. The van der Waals surface area contributed by atoms with E-state index < -0.39 is 0 Å². The highest BCUT2D eigenvalue weighted by Crippen LogP contribution is 2.28. The average molecular weight is 276 g/mol. The summed E-state index contributed by atoms with van der Waals surface area (Å²) in [5.41, 5.74) is 3.87. The van der Waals surface area contributed by atoms with Crippen molar-refractivity contribution in [2.24, 2.45) is 0 Å². The number of hydrogen-bond acceptors (Lipinski definition) is 2. The third kappa shape index (κ3) is 2.81. The number of nitrogens with zero attached hydrogens (tertiary/aromatic N) is 1. The highest BCUT2D eigenvalue weighted by molar-refractivity contribution is 5.85. The van der Waals surface area contributed by atoms with Crippen molar-refractivity contribution in [1.82, 2.24) is 10.3 Å². The van der Waals surface area contributed by atoms with Crippen molar-refractivity contribution in [1.29, 1.82) is 0 Å². The van der Waals surface area contributed by atoms with Crippen molar-refractivity contribution in [2.75, 3.05) is 6.54 Å². The van der Waals surface area contributed by atoms with E-state index >= 15 is 0 Å². The van der Waals surface area contributed by atoms with E-state index in [0.717, 1.165) is 6.54 Å². The lowest BCUT2D eigenvalue weighted by Crippen LogP contribution is -2.22. The van der Waals surface area contributed by atoms with Crippen LogP contribution in [-0.2, 0) is 0 Å². The van der Waals surface area contributed by atoms with Gasteiger partial charge in [0.2, 0.25) is 0 Å². The Balaban J connectivity index is 2.16. The minimum Gasteiger partial charge on any atom is -0.307 e. The molecule has 2 heteroatoms. The van der Waals surface area contributed by atoms with Gasteiger partial charge in [0, 0.05) is 17.8 Å². The van der Waals surface area contributed by atoms with Gasteiger partial charge in [0.25, 0.3) is 0 Å². The van der Waals surface area contributed by atoms with Gasteiger partial charge in [0.1, 0.15) is 0 Å². The van der Waals surface area contributed by atoms with Gasteiger partial charge in [-0.3, -0.25) is 4.98 Å². The number of rotatable bonds is 4. The van der Waals surface area contributed by atoms with E-state index in [9.17, 15) is 0 Å². The standard InChI is InChI=1S/C19H20N2/c1-3-21-19(16-8-4-6-14(2)12-16)17-9-5-7-15-10-11-20-13-18(15)17/h4-13,19,21H,3H2,1-2H3. The molecule has 1 atom stereocenters. The lowest BCUT2D eigenvalue weighted by Gasteiger charge is -2.21. The topological polar surface area (TPSA) is 24.9 Å². The Bertz CT molecular complexity index is 744. The summed E-state index contributed by atoms with van der Waals surface area (Å²) < 4.78 is 0. The molecule has 3 aromatic rings. The molecule has 0 radical (unpaired) electrons. The van der Waals surface area contributed by atoms with Crippen LogP contribution in [0.2, 0.25) is 0 Å². The van der Waals surface area contributed by atoms with Crippen LogP contribution in [0, 0.1) is 6.92 Å². The van der Waals surface area contributed by atoms with Crippen LogP contribution in [0.3, 0.4) is 0 Å². The summed E-state index contributed by atoms with van der Waals surface area (Å²) in [5, 5.41) is 6.06. The molecule has 0 bridgehead atoms. The average Bonchev–Trinajstić information content (AvgIpc) is 2.52. The molecule has 0 aliphatic rings. The predicted octanol–water partition coefficient (Wildman–Crippen LogP) is 4.24. The van der Waals surface area contributed by atoms with Crippen molar-refractivity contribution < 1.29 is 0 Å². The highest BCUT2D eigenvalue weighted by Gasteiger charge is 2.15. The number of aromatic nitrogens is 1. The molecular weight excluding hydrogens is 256 g/mol. The van der Waals surface area contributed by atoms with Crippen molar-refractivity contribution in [2.45, 2.75) is 19.9 Å². The number of nitrogens with one attached hydrogen (secondary N) is 1. The van der Waals surface area contributed by atoms with Crippen LogP contribution >= 0.6 is 0 Å². The second-order valence-corrected chi connectivity index (χ2v) is 5.35. The number of fused-ring (bicyclic) bond motifs is 1. The number of pyridine rings is 1. The van der Waals surface area contributed by atoms with Gasteiger partial charge < -0.3 is 5.32 Å². The monoisotopic (exact) mass is 276 g/mol. The summed E-state index contributed by atoms with van der Waals surface area (Å²) >= 11 is 0. The van der Waals surface area contributed by atoms with Crippen LogP contribution in [0.15, 0.2) is 60.9 Å². The lowest BCUT2D eigenvalue weighted by molar-refractivity contribution is 0.634. The van der Waals surface area contributed by atoms with Crippen molar-refractivity contribution >= 4 is 10.8 Å². The molecule has 0 spiro atoms. The Morgan fingerprint density at radius 3 is 2.76 bits per heavy atom. The van der Waals surface area contributed by atoms with Crippen LogP contribution in [-0.4, -0.2) is 11.5 Å². The van der Waals surface area contributed by atoms with E-state index in [-0.39, 0.29) is 6.04 Å². The third-order valence-corrected chi connectivity index (χ3v) is 3.81. The van der Waals surface area contributed by atoms with Gasteiger partial charge in [-0.2, -0.15) is 0 Å². The van der Waals surface area contributed by atoms with Gasteiger partial charge in [-0.15, -0.1) is 0 Å². The van der Waals surface area contributed by atoms with Crippen molar-refractivity contribution in [3.05, 3.63) is 77.6 Å². The number of benzene rings is 2. The summed E-state index contributed by atoms with van der Waals surface area (Å²) in [5.74, 6) is 0. The molecule has 0 saturated heterocycles. The molecule has 0 aliphatic carbocycles. The number of aryl methyl sites for hydroxylation is 1. The van der Waals surface area contributed by atoms with Gasteiger partial charge in [0.15, 0.2) is 0 Å². The zero-order valence-corrected chi connectivity index (χ0v) is 12.5. The van der Waals surface area contributed by atoms with Crippen LogP contribution in [0.25, 0.3) is 10.8 Å². The second-order valence-electron chi connectivity index (χ2n) is 5.35. The van der Waals surface area contributed by atoms with Gasteiger partial charge in [-0.05, 0) is 36.0 Å². The van der Waals surface area contributed by atoms with Crippen LogP contribution in [0.4, 0.5) is 0 Å². The lowest BCUT2D eigenvalue weighted by atomic mass is 9.94. The highest BCUT2D eigenvalue weighted by atomic mass is 14.9. The minimum absolute atomic E-state index is 0.197. The predicted molar refractivity (Wildman–Crippen MR) is 88.4 cm³/mol. The molecule has 0 amide bonds. The Morgan fingerprint density at radius 2 is 1.95 bits per heavy atom. The van der Waals surface area contributed by atoms with Crippen LogP contribution in [0.5, 0.6) is 0 Å². The molecule has 1 N–H and O–H groups in total. The van der Waals surface area contributed by atoms with E-state index in [1.165, 1.54) is 27.5 Å². The maximum Gasteiger partial charge on any atom is 0.0583 e. The molecule has 21 heavy (non-hydrogen) atoms. The summed E-state index contributed by atoms with van der Waals surface area (Å²) in [6.45, 7) is 5.21. The van der Waals surface area contributed by atoms with Gasteiger partial charge >= 0.3 is 0 Å². The first-order valence-corrected chi connectivity index (χ1v) is 7.42. The van der Waals surface area contributed by atoms with Crippen LogP contribution < -0.4 is 5.32 Å². The summed E-state index contributed by atoms with van der Waals surface area (Å²) in [6, 6.07) is 17.4. The zero-order chi connectivity index (χ0) is 14.7. The van der Waals surface area contributed by atoms with Crippen molar-refractivity contribution in [3.63, 3.8) is 0 Å². The molecule has 3 rings (SSSR count). The third-order valence-electron chi connectivity index (χ3n) is 3.81. The Kier molecular flexibility index (Phi) is 3.98. The Hall–Kier alpha value is -2.19. The SMILES string of the molecule is CCNC(c1cccc(C)c1)c1cccc2ccncc12. The van der Waals surface area contributed by atoms with E-state index in [0.29, 0.717) is 0 Å². The van der Waals surface area contributed by atoms with E-state index in [1.54, 1.807) is 0 Å². The molecule has 1 heterocycles. The van der Waals surface area contributed by atoms with Gasteiger partial charge in [-0.25, -0.2) is 0 Å². The molecule has 0 aliphatic heterocycles. The molecule has 1 aromatic heterocycles. The molecule has 106 valence electrons. The van der Waals surface area contributed by atoms with E-state index in [1.807, 2.05) is 12.4 Å². The zero-order valence-electron chi connectivity index (χ0n) is 12.5. The minimum atomic E-state index is 0.197.